The lowest BCUT2D eigenvalue weighted by Gasteiger charge is -2.20. The van der Waals surface area contributed by atoms with Crippen LogP contribution in [0.4, 0.5) is 11.4 Å². The van der Waals surface area contributed by atoms with E-state index in [1.54, 1.807) is 36.4 Å². The van der Waals surface area contributed by atoms with E-state index in [0.717, 1.165) is 25.7 Å². The molecule has 2 amide bonds. The van der Waals surface area contributed by atoms with Crippen molar-refractivity contribution in [2.45, 2.75) is 37.5 Å². The number of sulfonamides is 1. The second kappa shape index (κ2) is 9.19. The minimum atomic E-state index is -3.63. The Morgan fingerprint density at radius 3 is 2.14 bits per heavy atom. The second-order valence-electron chi connectivity index (χ2n) is 7.06. The van der Waals surface area contributed by atoms with Gasteiger partial charge in [-0.3, -0.25) is 9.59 Å². The van der Waals surface area contributed by atoms with Crippen LogP contribution in [-0.2, 0) is 14.8 Å². The molecule has 3 rings (SSSR count). The Balaban J connectivity index is 1.78. The van der Waals surface area contributed by atoms with Crippen molar-refractivity contribution in [1.29, 1.82) is 0 Å². The van der Waals surface area contributed by atoms with Crippen LogP contribution in [0.1, 0.15) is 43.0 Å². The number of benzene rings is 2. The molecule has 7 nitrogen and oxygen atoms in total. The van der Waals surface area contributed by atoms with Crippen molar-refractivity contribution < 1.29 is 18.0 Å². The Hall–Kier alpha value is -2.71. The fourth-order valence-electron chi connectivity index (χ4n) is 3.31. The van der Waals surface area contributed by atoms with Crippen LogP contribution in [0.3, 0.4) is 0 Å². The summed E-state index contributed by atoms with van der Waals surface area (Å²) in [5.41, 5.74) is 1.32. The number of carbonyl (C=O) groups is 2. The maximum Gasteiger partial charge on any atom is 0.255 e. The van der Waals surface area contributed by atoms with Gasteiger partial charge in [0.05, 0.1) is 4.90 Å². The molecule has 1 aliphatic rings. The third-order valence-corrected chi connectivity index (χ3v) is 6.63. The summed E-state index contributed by atoms with van der Waals surface area (Å²) in [7, 11) is -3.63. The highest BCUT2D eigenvalue weighted by Gasteiger charge is 2.25. The van der Waals surface area contributed by atoms with E-state index < -0.39 is 15.9 Å². The molecule has 1 fully saturated rings. The number of rotatable bonds is 5. The van der Waals surface area contributed by atoms with E-state index in [1.807, 2.05) is 0 Å². The molecular weight excluding hydrogens is 390 g/mol. The normalized spacial score (nSPS) is 15.3. The van der Waals surface area contributed by atoms with Crippen LogP contribution in [0.5, 0.6) is 0 Å². The summed E-state index contributed by atoms with van der Waals surface area (Å²) in [5.74, 6) is -0.627. The summed E-state index contributed by atoms with van der Waals surface area (Å²) >= 11 is 0. The lowest BCUT2D eigenvalue weighted by Crippen LogP contribution is -2.32. The van der Waals surface area contributed by atoms with Crippen molar-refractivity contribution in [1.82, 2.24) is 4.31 Å². The number of nitrogens with zero attached hydrogens (tertiary/aromatic N) is 1. The van der Waals surface area contributed by atoms with E-state index in [4.69, 9.17) is 0 Å². The summed E-state index contributed by atoms with van der Waals surface area (Å²) in [5, 5.41) is 5.39. The first kappa shape index (κ1) is 21.0. The van der Waals surface area contributed by atoms with Gasteiger partial charge in [-0.05, 0) is 49.2 Å². The molecule has 1 heterocycles. The van der Waals surface area contributed by atoms with Gasteiger partial charge in [0.25, 0.3) is 5.91 Å². The molecule has 2 N–H and O–H groups in total. The van der Waals surface area contributed by atoms with E-state index in [2.05, 4.69) is 10.6 Å². The van der Waals surface area contributed by atoms with Gasteiger partial charge < -0.3 is 10.6 Å². The van der Waals surface area contributed by atoms with Crippen LogP contribution < -0.4 is 10.6 Å². The topological polar surface area (TPSA) is 95.6 Å². The molecule has 0 unspecified atom stereocenters. The average molecular weight is 416 g/mol. The van der Waals surface area contributed by atoms with Gasteiger partial charge in [0.15, 0.2) is 0 Å². The third kappa shape index (κ3) is 5.42. The molecular formula is C21H25N3O4S. The lowest BCUT2D eigenvalue weighted by molar-refractivity contribution is -0.114. The van der Waals surface area contributed by atoms with Crippen LogP contribution in [-0.4, -0.2) is 37.6 Å². The Kier molecular flexibility index (Phi) is 6.66. The van der Waals surface area contributed by atoms with E-state index in [1.165, 1.54) is 23.4 Å². The standard InChI is InChI=1S/C21H25N3O4S/c1-16(25)22-18-9-7-10-19(15-18)23-21(26)17-8-6-11-20(14-17)29(27,28)24-12-4-2-3-5-13-24/h6-11,14-15H,2-5,12-13H2,1H3,(H,22,25)(H,23,26). The fraction of sp³-hybridized carbons (Fsp3) is 0.333. The molecule has 0 aromatic heterocycles. The molecule has 0 saturated carbocycles. The van der Waals surface area contributed by atoms with Crippen LogP contribution in [0.2, 0.25) is 0 Å². The van der Waals surface area contributed by atoms with Crippen molar-refractivity contribution in [3.63, 3.8) is 0 Å². The molecule has 2 aromatic carbocycles. The third-order valence-electron chi connectivity index (χ3n) is 4.74. The van der Waals surface area contributed by atoms with Gasteiger partial charge >= 0.3 is 0 Å². The van der Waals surface area contributed by atoms with Gasteiger partial charge in [0.2, 0.25) is 15.9 Å². The second-order valence-corrected chi connectivity index (χ2v) is 9.00. The van der Waals surface area contributed by atoms with Gasteiger partial charge in [0, 0.05) is 37.0 Å². The minimum Gasteiger partial charge on any atom is -0.326 e. The van der Waals surface area contributed by atoms with Crippen LogP contribution in [0, 0.1) is 0 Å². The highest BCUT2D eigenvalue weighted by atomic mass is 32.2. The van der Waals surface area contributed by atoms with Crippen LogP contribution >= 0.6 is 0 Å². The first-order valence-corrected chi connectivity index (χ1v) is 11.1. The van der Waals surface area contributed by atoms with Crippen molar-refractivity contribution in [3.05, 3.63) is 54.1 Å². The number of nitrogens with one attached hydrogen (secondary N) is 2. The Bertz CT molecular complexity index is 996. The highest BCUT2D eigenvalue weighted by Crippen LogP contribution is 2.22. The van der Waals surface area contributed by atoms with E-state index in [-0.39, 0.29) is 16.4 Å². The summed E-state index contributed by atoms with van der Waals surface area (Å²) < 4.78 is 27.5. The monoisotopic (exact) mass is 415 g/mol. The van der Waals surface area contributed by atoms with Crippen LogP contribution in [0.15, 0.2) is 53.4 Å². The van der Waals surface area contributed by atoms with Crippen LogP contribution in [0.25, 0.3) is 0 Å². The number of anilines is 2. The Labute approximate surface area is 171 Å². The fourth-order valence-corrected chi connectivity index (χ4v) is 4.87. The summed E-state index contributed by atoms with van der Waals surface area (Å²) in [6, 6.07) is 12.8. The lowest BCUT2D eigenvalue weighted by atomic mass is 10.2. The SMILES string of the molecule is CC(=O)Nc1cccc(NC(=O)c2cccc(S(=O)(=O)N3CCCCCC3)c2)c1. The summed E-state index contributed by atoms with van der Waals surface area (Å²) in [6.45, 7) is 2.42. The summed E-state index contributed by atoms with van der Waals surface area (Å²) in [6.07, 6.45) is 3.77. The molecule has 0 radical (unpaired) electrons. The molecule has 0 bridgehead atoms. The number of carbonyl (C=O) groups excluding carboxylic acids is 2. The smallest absolute Gasteiger partial charge is 0.255 e. The first-order valence-electron chi connectivity index (χ1n) is 9.65. The van der Waals surface area contributed by atoms with Crippen molar-refractivity contribution >= 4 is 33.2 Å². The molecule has 2 aromatic rings. The van der Waals surface area contributed by atoms with Gasteiger partial charge in [-0.15, -0.1) is 0 Å². The van der Waals surface area contributed by atoms with Crippen molar-refractivity contribution in [3.8, 4) is 0 Å². The molecule has 0 aliphatic carbocycles. The maximum atomic E-state index is 13.0. The molecule has 0 spiro atoms. The van der Waals surface area contributed by atoms with Gasteiger partial charge in [-0.2, -0.15) is 4.31 Å². The zero-order chi connectivity index (χ0) is 20.9. The van der Waals surface area contributed by atoms with Crippen molar-refractivity contribution in [2.24, 2.45) is 0 Å². The quantitative estimate of drug-likeness (QED) is 0.782. The number of hydrogen-bond acceptors (Lipinski definition) is 4. The predicted octanol–water partition coefficient (Wildman–Crippen LogP) is 3.46. The van der Waals surface area contributed by atoms with E-state index in [0.29, 0.717) is 24.5 Å². The molecule has 154 valence electrons. The number of hydrogen-bond donors (Lipinski definition) is 2. The molecule has 0 atom stereocenters. The average Bonchev–Trinajstić information content (AvgIpc) is 2.98. The summed E-state index contributed by atoms with van der Waals surface area (Å²) in [4.78, 5) is 24.0. The first-order chi connectivity index (χ1) is 13.9. The zero-order valence-electron chi connectivity index (χ0n) is 16.3. The van der Waals surface area contributed by atoms with Gasteiger partial charge in [0.1, 0.15) is 0 Å². The molecule has 8 heteroatoms. The van der Waals surface area contributed by atoms with Gasteiger partial charge in [-0.25, -0.2) is 8.42 Å². The Morgan fingerprint density at radius 1 is 0.862 bits per heavy atom. The van der Waals surface area contributed by atoms with E-state index in [9.17, 15) is 18.0 Å². The highest BCUT2D eigenvalue weighted by molar-refractivity contribution is 7.89. The predicted molar refractivity (Wildman–Crippen MR) is 112 cm³/mol. The molecule has 29 heavy (non-hydrogen) atoms. The zero-order valence-corrected chi connectivity index (χ0v) is 17.2. The molecule has 1 aliphatic heterocycles. The van der Waals surface area contributed by atoms with Crippen molar-refractivity contribution in [2.75, 3.05) is 23.7 Å². The largest absolute Gasteiger partial charge is 0.326 e. The molecule has 1 saturated heterocycles. The maximum absolute atomic E-state index is 13.0. The number of amides is 2. The minimum absolute atomic E-state index is 0.124. The van der Waals surface area contributed by atoms with Gasteiger partial charge in [-0.1, -0.05) is 25.0 Å². The van der Waals surface area contributed by atoms with E-state index >= 15 is 0 Å². The Morgan fingerprint density at radius 2 is 1.48 bits per heavy atom.